The van der Waals surface area contributed by atoms with Gasteiger partial charge in [0.05, 0.1) is 4.88 Å². The normalized spacial score (nSPS) is 12.5. The number of nitrogens with zero attached hydrogens (tertiary/aromatic N) is 1. The molecule has 0 aliphatic carbocycles. The van der Waals surface area contributed by atoms with E-state index in [2.05, 4.69) is 5.10 Å². The molecule has 0 bridgehead atoms. The topological polar surface area (TPSA) is 55.0 Å². The molecule has 1 N–H and O–H groups in total. The summed E-state index contributed by atoms with van der Waals surface area (Å²) in [5.74, 6) is -1.05. The molecule has 0 saturated heterocycles. The Morgan fingerprint density at radius 3 is 2.48 bits per heavy atom. The first-order valence-electron chi connectivity index (χ1n) is 6.02. The molecule has 0 atom stereocenters. The molecular weight excluding hydrogens is 305 g/mol. The highest BCUT2D eigenvalue weighted by atomic mass is 32.1. The highest BCUT2D eigenvalue weighted by Crippen LogP contribution is 2.37. The Hall–Kier alpha value is -1.83. The van der Waals surface area contributed by atoms with Crippen molar-refractivity contribution < 1.29 is 22.7 Å². The van der Waals surface area contributed by atoms with Crippen molar-refractivity contribution in [1.82, 2.24) is 10.2 Å². The van der Waals surface area contributed by atoms with Gasteiger partial charge in [0.2, 0.25) is 0 Å². The summed E-state index contributed by atoms with van der Waals surface area (Å²) in [5.41, 5.74) is -2.73. The van der Waals surface area contributed by atoms with Gasteiger partial charge in [0.15, 0.2) is 5.69 Å². The van der Waals surface area contributed by atoms with Crippen LogP contribution in [0.15, 0.2) is 17.5 Å². The third-order valence-corrected chi connectivity index (χ3v) is 3.28. The number of aromatic nitrogens is 2. The molecule has 2 rings (SSSR count). The second kappa shape index (κ2) is 5.18. The Kier molecular flexibility index (Phi) is 3.83. The van der Waals surface area contributed by atoms with Crippen molar-refractivity contribution >= 4 is 17.3 Å². The molecule has 21 heavy (non-hydrogen) atoms. The van der Waals surface area contributed by atoms with Crippen molar-refractivity contribution in [3.05, 3.63) is 28.8 Å². The number of hydrogen-bond acceptors (Lipinski definition) is 4. The first kappa shape index (κ1) is 15.6. The molecule has 0 radical (unpaired) electrons. The van der Waals surface area contributed by atoms with E-state index in [4.69, 9.17) is 4.74 Å². The number of carbonyl (C=O) groups is 1. The number of thiophene rings is 1. The minimum Gasteiger partial charge on any atom is -0.456 e. The van der Waals surface area contributed by atoms with Gasteiger partial charge in [0.1, 0.15) is 16.9 Å². The molecule has 2 aromatic heterocycles. The zero-order chi connectivity index (χ0) is 15.8. The van der Waals surface area contributed by atoms with Gasteiger partial charge in [-0.25, -0.2) is 4.79 Å². The van der Waals surface area contributed by atoms with Crippen LogP contribution < -0.4 is 0 Å². The predicted octanol–water partition coefficient (Wildman–Crippen LogP) is 4.11. The Bertz CT molecular complexity index is 639. The van der Waals surface area contributed by atoms with E-state index in [0.717, 1.165) is 0 Å². The van der Waals surface area contributed by atoms with Crippen molar-refractivity contribution in [2.24, 2.45) is 0 Å². The number of rotatable bonds is 2. The van der Waals surface area contributed by atoms with Gasteiger partial charge in [0.25, 0.3) is 0 Å². The molecule has 0 saturated carbocycles. The van der Waals surface area contributed by atoms with E-state index >= 15 is 0 Å². The van der Waals surface area contributed by atoms with Crippen LogP contribution in [0.2, 0.25) is 0 Å². The molecule has 114 valence electrons. The lowest BCUT2D eigenvalue weighted by atomic mass is 10.1. The Morgan fingerprint density at radius 1 is 1.33 bits per heavy atom. The van der Waals surface area contributed by atoms with E-state index in [1.54, 1.807) is 38.3 Å². The molecule has 0 aliphatic heterocycles. The number of halogens is 3. The van der Waals surface area contributed by atoms with Crippen molar-refractivity contribution in [2.75, 3.05) is 0 Å². The number of esters is 1. The van der Waals surface area contributed by atoms with Crippen molar-refractivity contribution in [3.8, 4) is 10.6 Å². The molecular formula is C13H13F3N2O2S. The quantitative estimate of drug-likeness (QED) is 0.848. The lowest BCUT2D eigenvalue weighted by molar-refractivity contribution is -0.141. The van der Waals surface area contributed by atoms with Gasteiger partial charge in [0, 0.05) is 0 Å². The molecule has 4 nitrogen and oxygen atoms in total. The second-order valence-electron chi connectivity index (χ2n) is 5.30. The average molecular weight is 318 g/mol. The number of hydrogen-bond donors (Lipinski definition) is 1. The molecule has 2 heterocycles. The van der Waals surface area contributed by atoms with Crippen LogP contribution >= 0.6 is 11.3 Å². The summed E-state index contributed by atoms with van der Waals surface area (Å²) in [6, 6.07) is 3.26. The number of nitrogens with one attached hydrogen (secondary N) is 1. The van der Waals surface area contributed by atoms with Crippen LogP contribution in [0.5, 0.6) is 0 Å². The van der Waals surface area contributed by atoms with E-state index in [0.29, 0.717) is 4.88 Å². The monoisotopic (exact) mass is 318 g/mol. The minimum atomic E-state index is -4.71. The van der Waals surface area contributed by atoms with Gasteiger partial charge < -0.3 is 4.74 Å². The van der Waals surface area contributed by atoms with E-state index in [1.807, 2.05) is 5.10 Å². The van der Waals surface area contributed by atoms with E-state index in [1.165, 1.54) is 11.3 Å². The van der Waals surface area contributed by atoms with Crippen molar-refractivity contribution in [2.45, 2.75) is 32.5 Å². The third-order valence-electron chi connectivity index (χ3n) is 2.41. The van der Waals surface area contributed by atoms with Crippen LogP contribution in [-0.2, 0) is 10.9 Å². The largest absolute Gasteiger partial charge is 0.456 e. The Morgan fingerprint density at radius 2 is 2.00 bits per heavy atom. The molecule has 0 unspecified atom stereocenters. The summed E-state index contributed by atoms with van der Waals surface area (Å²) in [5, 5.41) is 7.23. The molecule has 0 aliphatic rings. The highest BCUT2D eigenvalue weighted by Gasteiger charge is 2.41. The summed E-state index contributed by atoms with van der Waals surface area (Å²) >= 11 is 1.19. The van der Waals surface area contributed by atoms with Crippen LogP contribution in [0.3, 0.4) is 0 Å². The van der Waals surface area contributed by atoms with Crippen LogP contribution in [0.1, 0.15) is 36.8 Å². The summed E-state index contributed by atoms with van der Waals surface area (Å²) in [4.78, 5) is 12.6. The molecule has 2 aromatic rings. The maximum absolute atomic E-state index is 13.0. The second-order valence-corrected chi connectivity index (χ2v) is 6.25. The first-order valence-corrected chi connectivity index (χ1v) is 6.90. The van der Waals surface area contributed by atoms with E-state index in [9.17, 15) is 18.0 Å². The molecule has 8 heteroatoms. The van der Waals surface area contributed by atoms with Crippen LogP contribution in [0.25, 0.3) is 10.6 Å². The fourth-order valence-corrected chi connectivity index (χ4v) is 2.39. The maximum atomic E-state index is 13.0. The average Bonchev–Trinajstić information content (AvgIpc) is 2.94. The first-order chi connectivity index (χ1) is 9.59. The van der Waals surface area contributed by atoms with Gasteiger partial charge in [-0.1, -0.05) is 6.07 Å². The smallest absolute Gasteiger partial charge is 0.433 e. The van der Waals surface area contributed by atoms with Gasteiger partial charge >= 0.3 is 12.1 Å². The van der Waals surface area contributed by atoms with Crippen LogP contribution in [0, 0.1) is 0 Å². The maximum Gasteiger partial charge on any atom is 0.433 e. The summed E-state index contributed by atoms with van der Waals surface area (Å²) in [6.07, 6.45) is -4.71. The van der Waals surface area contributed by atoms with Gasteiger partial charge in [-0.2, -0.15) is 18.3 Å². The fourth-order valence-electron chi connectivity index (χ4n) is 1.67. The highest BCUT2D eigenvalue weighted by molar-refractivity contribution is 7.13. The number of H-pyrrole nitrogens is 1. The Balaban J connectivity index is 2.54. The summed E-state index contributed by atoms with van der Waals surface area (Å²) in [6.45, 7) is 4.76. The molecule has 0 aromatic carbocycles. The van der Waals surface area contributed by atoms with Crippen molar-refractivity contribution in [3.63, 3.8) is 0 Å². The van der Waals surface area contributed by atoms with Crippen LogP contribution in [0.4, 0.5) is 13.2 Å². The Labute approximate surface area is 122 Å². The van der Waals surface area contributed by atoms with E-state index < -0.39 is 29.0 Å². The minimum absolute atomic E-state index is 0.0495. The summed E-state index contributed by atoms with van der Waals surface area (Å²) < 4.78 is 44.1. The number of carbonyl (C=O) groups excluding carboxylic acids is 1. The number of alkyl halides is 3. The van der Waals surface area contributed by atoms with Gasteiger partial charge in [-0.15, -0.1) is 11.3 Å². The number of aromatic amines is 1. The molecule has 0 fully saturated rings. The third kappa shape index (κ3) is 3.44. The molecule has 0 spiro atoms. The molecule has 0 amide bonds. The lowest BCUT2D eigenvalue weighted by Crippen LogP contribution is -2.25. The number of ether oxygens (including phenoxy) is 1. The summed E-state index contributed by atoms with van der Waals surface area (Å²) in [7, 11) is 0. The van der Waals surface area contributed by atoms with Gasteiger partial charge in [-0.3, -0.25) is 5.10 Å². The standard InChI is InChI=1S/C13H13F3N2O2S/c1-12(2,3)20-11(19)8-9(7-5-4-6-21-7)17-18-10(8)13(14,15)16/h4-6H,1-3H3,(H,17,18). The lowest BCUT2D eigenvalue weighted by Gasteiger charge is -2.20. The zero-order valence-electron chi connectivity index (χ0n) is 11.5. The zero-order valence-corrected chi connectivity index (χ0v) is 12.4. The van der Waals surface area contributed by atoms with E-state index in [-0.39, 0.29) is 5.69 Å². The fraction of sp³-hybridized carbons (Fsp3) is 0.385. The van der Waals surface area contributed by atoms with Crippen molar-refractivity contribution in [1.29, 1.82) is 0 Å². The van der Waals surface area contributed by atoms with Crippen LogP contribution in [-0.4, -0.2) is 21.8 Å². The predicted molar refractivity (Wildman–Crippen MR) is 72.1 cm³/mol. The SMILES string of the molecule is CC(C)(C)OC(=O)c1c(-c2cccs2)n[nH]c1C(F)(F)F. The van der Waals surface area contributed by atoms with Gasteiger partial charge in [-0.05, 0) is 32.2 Å².